The summed E-state index contributed by atoms with van der Waals surface area (Å²) >= 11 is 0. The summed E-state index contributed by atoms with van der Waals surface area (Å²) in [5, 5.41) is 0. The van der Waals surface area contributed by atoms with Crippen LogP contribution in [0.5, 0.6) is 0 Å². The van der Waals surface area contributed by atoms with Gasteiger partial charge in [-0.1, -0.05) is 20.3 Å². The lowest BCUT2D eigenvalue weighted by molar-refractivity contribution is -0.158. The molecular formula is C11H20O4. The van der Waals surface area contributed by atoms with E-state index in [-0.39, 0.29) is 23.8 Å². The molecule has 0 aliphatic heterocycles. The number of hydrogen-bond donors (Lipinski definition) is 0. The Kier molecular flexibility index (Phi) is 6.75. The summed E-state index contributed by atoms with van der Waals surface area (Å²) in [6.45, 7) is 3.84. The number of hydrogen-bond acceptors (Lipinski definition) is 4. The molecule has 0 rings (SSSR count). The number of methoxy groups -OCH3 is 2. The monoisotopic (exact) mass is 216 g/mol. The van der Waals surface area contributed by atoms with Crippen LogP contribution >= 0.6 is 0 Å². The van der Waals surface area contributed by atoms with Gasteiger partial charge in [-0.2, -0.15) is 0 Å². The maximum Gasteiger partial charge on any atom is 0.309 e. The van der Waals surface area contributed by atoms with E-state index in [9.17, 15) is 9.59 Å². The highest BCUT2D eigenvalue weighted by Crippen LogP contribution is 2.23. The van der Waals surface area contributed by atoms with Crippen LogP contribution in [0, 0.1) is 11.8 Å². The third kappa shape index (κ3) is 3.90. The van der Waals surface area contributed by atoms with Crippen molar-refractivity contribution in [1.29, 1.82) is 0 Å². The molecule has 88 valence electrons. The van der Waals surface area contributed by atoms with Crippen molar-refractivity contribution >= 4 is 11.9 Å². The van der Waals surface area contributed by atoms with Crippen LogP contribution in [-0.4, -0.2) is 26.2 Å². The average molecular weight is 216 g/mol. The molecule has 0 aliphatic carbocycles. The van der Waals surface area contributed by atoms with E-state index in [1.165, 1.54) is 14.2 Å². The van der Waals surface area contributed by atoms with Crippen molar-refractivity contribution in [3.63, 3.8) is 0 Å². The predicted molar refractivity (Wildman–Crippen MR) is 56.2 cm³/mol. The summed E-state index contributed by atoms with van der Waals surface area (Å²) < 4.78 is 9.37. The third-order valence-electron chi connectivity index (χ3n) is 2.53. The van der Waals surface area contributed by atoms with Crippen LogP contribution in [0.25, 0.3) is 0 Å². The van der Waals surface area contributed by atoms with Gasteiger partial charge in [0.2, 0.25) is 0 Å². The summed E-state index contributed by atoms with van der Waals surface area (Å²) in [4.78, 5) is 22.9. The Hall–Kier alpha value is -1.06. The van der Waals surface area contributed by atoms with E-state index in [1.54, 1.807) is 0 Å². The van der Waals surface area contributed by atoms with Crippen molar-refractivity contribution in [2.75, 3.05) is 14.2 Å². The van der Waals surface area contributed by atoms with E-state index in [2.05, 4.69) is 4.74 Å². The average Bonchev–Trinajstić information content (AvgIpc) is 2.27. The minimum Gasteiger partial charge on any atom is -0.469 e. The van der Waals surface area contributed by atoms with Gasteiger partial charge in [-0.15, -0.1) is 0 Å². The fraction of sp³-hybridized carbons (Fsp3) is 0.818. The Morgan fingerprint density at radius 3 is 1.80 bits per heavy atom. The number of carbonyl (C=O) groups is 2. The smallest absolute Gasteiger partial charge is 0.309 e. The summed E-state index contributed by atoms with van der Waals surface area (Å²) in [5.41, 5.74) is 0. The molecule has 15 heavy (non-hydrogen) atoms. The number of ether oxygens (including phenoxy) is 2. The highest BCUT2D eigenvalue weighted by atomic mass is 16.5. The van der Waals surface area contributed by atoms with Gasteiger partial charge in [-0.05, 0) is 12.8 Å². The van der Waals surface area contributed by atoms with Crippen molar-refractivity contribution in [1.82, 2.24) is 0 Å². The van der Waals surface area contributed by atoms with Crippen LogP contribution in [0.2, 0.25) is 0 Å². The lowest BCUT2D eigenvalue weighted by Crippen LogP contribution is -2.31. The second-order valence-electron chi connectivity index (χ2n) is 3.46. The molecule has 0 heterocycles. The van der Waals surface area contributed by atoms with Crippen molar-refractivity contribution in [2.24, 2.45) is 11.8 Å². The predicted octanol–water partition coefficient (Wildman–Crippen LogP) is 1.77. The lowest BCUT2D eigenvalue weighted by Gasteiger charge is -2.21. The molecule has 2 atom stereocenters. The first-order chi connectivity index (χ1) is 7.12. The van der Waals surface area contributed by atoms with Gasteiger partial charge < -0.3 is 9.47 Å². The van der Waals surface area contributed by atoms with Crippen LogP contribution in [0.15, 0.2) is 0 Å². The Morgan fingerprint density at radius 1 is 1.00 bits per heavy atom. The summed E-state index contributed by atoms with van der Waals surface area (Å²) in [6.07, 6.45) is 2.08. The zero-order chi connectivity index (χ0) is 11.8. The second kappa shape index (κ2) is 7.26. The van der Waals surface area contributed by atoms with Gasteiger partial charge in [0.1, 0.15) is 0 Å². The van der Waals surface area contributed by atoms with Crippen LogP contribution in [0.1, 0.15) is 33.1 Å². The van der Waals surface area contributed by atoms with Crippen molar-refractivity contribution in [3.05, 3.63) is 0 Å². The van der Waals surface area contributed by atoms with Gasteiger partial charge in [0, 0.05) is 0 Å². The molecule has 2 unspecified atom stereocenters. The molecule has 0 saturated carbocycles. The first-order valence-electron chi connectivity index (χ1n) is 5.27. The van der Waals surface area contributed by atoms with Gasteiger partial charge in [0.05, 0.1) is 26.1 Å². The van der Waals surface area contributed by atoms with Crippen LogP contribution in [-0.2, 0) is 19.1 Å². The van der Waals surface area contributed by atoms with Crippen LogP contribution in [0.3, 0.4) is 0 Å². The second-order valence-corrected chi connectivity index (χ2v) is 3.46. The highest BCUT2D eigenvalue weighted by Gasteiger charge is 2.33. The molecule has 0 aromatic rings. The standard InChI is InChI=1S/C11H20O4/c1-5-7-9(11(13)15-4)8(6-2)10(12)14-3/h8-9H,5-7H2,1-4H3. The van der Waals surface area contributed by atoms with Gasteiger partial charge in [0.25, 0.3) is 0 Å². The Balaban J connectivity index is 4.68. The lowest BCUT2D eigenvalue weighted by atomic mass is 9.86. The van der Waals surface area contributed by atoms with Crippen molar-refractivity contribution in [3.8, 4) is 0 Å². The molecule has 0 radical (unpaired) electrons. The van der Waals surface area contributed by atoms with Crippen LogP contribution in [0.4, 0.5) is 0 Å². The Morgan fingerprint density at radius 2 is 1.47 bits per heavy atom. The molecule has 4 nitrogen and oxygen atoms in total. The summed E-state index contributed by atoms with van der Waals surface area (Å²) in [5.74, 6) is -1.42. The number of rotatable bonds is 6. The zero-order valence-corrected chi connectivity index (χ0v) is 9.91. The third-order valence-corrected chi connectivity index (χ3v) is 2.53. The quantitative estimate of drug-likeness (QED) is 0.635. The minimum absolute atomic E-state index is 0.325. The van der Waals surface area contributed by atoms with E-state index in [0.29, 0.717) is 12.8 Å². The molecule has 4 heteroatoms. The minimum atomic E-state index is -0.387. The van der Waals surface area contributed by atoms with Gasteiger partial charge >= 0.3 is 11.9 Å². The molecule has 0 aliphatic rings. The van der Waals surface area contributed by atoms with E-state index in [0.717, 1.165) is 6.42 Å². The van der Waals surface area contributed by atoms with E-state index < -0.39 is 0 Å². The molecule has 0 aromatic heterocycles. The van der Waals surface area contributed by atoms with Gasteiger partial charge in [0.15, 0.2) is 0 Å². The van der Waals surface area contributed by atoms with E-state index >= 15 is 0 Å². The molecular weight excluding hydrogens is 196 g/mol. The van der Waals surface area contributed by atoms with E-state index in [1.807, 2.05) is 13.8 Å². The molecule has 0 saturated heterocycles. The van der Waals surface area contributed by atoms with Crippen molar-refractivity contribution in [2.45, 2.75) is 33.1 Å². The van der Waals surface area contributed by atoms with E-state index in [4.69, 9.17) is 4.74 Å². The largest absolute Gasteiger partial charge is 0.469 e. The fourth-order valence-corrected chi connectivity index (χ4v) is 1.71. The number of carbonyl (C=O) groups excluding carboxylic acids is 2. The van der Waals surface area contributed by atoms with Gasteiger partial charge in [-0.25, -0.2) is 0 Å². The number of esters is 2. The van der Waals surface area contributed by atoms with Crippen LogP contribution < -0.4 is 0 Å². The highest BCUT2D eigenvalue weighted by molar-refractivity contribution is 5.81. The molecule has 0 spiro atoms. The molecule has 0 N–H and O–H groups in total. The SMILES string of the molecule is CCCC(C(=O)OC)C(CC)C(=O)OC. The zero-order valence-electron chi connectivity index (χ0n) is 9.91. The topological polar surface area (TPSA) is 52.6 Å². The molecule has 0 aromatic carbocycles. The summed E-state index contributed by atoms with van der Waals surface area (Å²) in [7, 11) is 2.68. The Bertz CT molecular complexity index is 213. The Labute approximate surface area is 90.9 Å². The van der Waals surface area contributed by atoms with Gasteiger partial charge in [-0.3, -0.25) is 9.59 Å². The first-order valence-corrected chi connectivity index (χ1v) is 5.27. The maximum atomic E-state index is 11.5. The fourth-order valence-electron chi connectivity index (χ4n) is 1.71. The normalized spacial score (nSPS) is 14.1. The first kappa shape index (κ1) is 13.9. The molecule has 0 fully saturated rings. The molecule has 0 bridgehead atoms. The molecule has 0 amide bonds. The summed E-state index contributed by atoms with van der Waals surface area (Å²) in [6, 6.07) is 0. The maximum absolute atomic E-state index is 11.5. The van der Waals surface area contributed by atoms with Crippen molar-refractivity contribution < 1.29 is 19.1 Å².